The number of hydrazine groups is 1. The highest BCUT2D eigenvalue weighted by Gasteiger charge is 2.19. The Morgan fingerprint density at radius 3 is 2.62 bits per heavy atom. The van der Waals surface area contributed by atoms with Gasteiger partial charge < -0.3 is 4.74 Å². The van der Waals surface area contributed by atoms with Crippen LogP contribution in [0, 0.1) is 0 Å². The van der Waals surface area contributed by atoms with E-state index < -0.39 is 0 Å². The molecule has 0 aliphatic carbocycles. The van der Waals surface area contributed by atoms with Crippen molar-refractivity contribution < 1.29 is 4.74 Å². The molecule has 0 bridgehead atoms. The zero-order valence-electron chi connectivity index (χ0n) is 9.27. The summed E-state index contributed by atoms with van der Waals surface area (Å²) in [6.07, 6.45) is 5.12. The van der Waals surface area contributed by atoms with Gasteiger partial charge in [-0.05, 0) is 30.0 Å². The Balaban J connectivity index is 2.19. The van der Waals surface area contributed by atoms with Crippen molar-refractivity contribution in [1.29, 1.82) is 0 Å². The smallest absolute Gasteiger partial charge is 0.115 e. The van der Waals surface area contributed by atoms with Crippen molar-refractivity contribution in [2.24, 2.45) is 5.84 Å². The standard InChI is InChI=1S/C12H16N2OS/c1-16-10-6-4-9(5-7-10)12(14-13)11-3-2-8-15-11/h3-7,12,14H,2,8,13H2,1H3. The van der Waals surface area contributed by atoms with Gasteiger partial charge in [0, 0.05) is 11.3 Å². The third-order valence-corrected chi connectivity index (χ3v) is 3.38. The fraction of sp³-hybridized carbons (Fsp3) is 0.333. The van der Waals surface area contributed by atoms with Crippen molar-refractivity contribution in [2.45, 2.75) is 17.4 Å². The summed E-state index contributed by atoms with van der Waals surface area (Å²) in [4.78, 5) is 1.25. The van der Waals surface area contributed by atoms with Crippen molar-refractivity contribution in [3.8, 4) is 0 Å². The van der Waals surface area contributed by atoms with E-state index in [1.165, 1.54) is 4.90 Å². The minimum atomic E-state index is -0.0293. The van der Waals surface area contributed by atoms with E-state index in [0.29, 0.717) is 0 Å². The molecule has 0 saturated heterocycles. The quantitative estimate of drug-likeness (QED) is 0.478. The number of ether oxygens (including phenoxy) is 1. The molecule has 86 valence electrons. The largest absolute Gasteiger partial charge is 0.496 e. The maximum atomic E-state index is 5.58. The molecule has 1 aromatic rings. The van der Waals surface area contributed by atoms with Gasteiger partial charge in [-0.1, -0.05) is 12.1 Å². The second-order valence-electron chi connectivity index (χ2n) is 3.62. The van der Waals surface area contributed by atoms with Crippen LogP contribution in [-0.2, 0) is 4.74 Å². The Labute approximate surface area is 100 Å². The minimum absolute atomic E-state index is 0.0293. The third kappa shape index (κ3) is 2.40. The molecule has 3 nitrogen and oxygen atoms in total. The number of rotatable bonds is 4. The van der Waals surface area contributed by atoms with Crippen molar-refractivity contribution in [3.05, 3.63) is 41.7 Å². The highest BCUT2D eigenvalue weighted by molar-refractivity contribution is 7.98. The summed E-state index contributed by atoms with van der Waals surface area (Å²) in [6.45, 7) is 0.760. The van der Waals surface area contributed by atoms with Gasteiger partial charge in [0.25, 0.3) is 0 Å². The second-order valence-corrected chi connectivity index (χ2v) is 4.50. The Morgan fingerprint density at radius 2 is 2.12 bits per heavy atom. The fourth-order valence-corrected chi connectivity index (χ4v) is 2.19. The Bertz CT molecular complexity index is 375. The van der Waals surface area contributed by atoms with Crippen LogP contribution in [0.15, 0.2) is 41.0 Å². The van der Waals surface area contributed by atoms with Gasteiger partial charge in [-0.2, -0.15) is 0 Å². The Kier molecular flexibility index (Phi) is 3.88. The minimum Gasteiger partial charge on any atom is -0.496 e. The van der Waals surface area contributed by atoms with E-state index in [9.17, 15) is 0 Å². The van der Waals surface area contributed by atoms with Crippen LogP contribution >= 0.6 is 11.8 Å². The average molecular weight is 236 g/mol. The van der Waals surface area contributed by atoms with Crippen LogP contribution < -0.4 is 11.3 Å². The van der Waals surface area contributed by atoms with Crippen LogP contribution in [0.3, 0.4) is 0 Å². The van der Waals surface area contributed by atoms with Gasteiger partial charge in [-0.25, -0.2) is 5.43 Å². The molecule has 1 unspecified atom stereocenters. The summed E-state index contributed by atoms with van der Waals surface area (Å²) in [5.41, 5.74) is 3.93. The summed E-state index contributed by atoms with van der Waals surface area (Å²) in [5, 5.41) is 0. The maximum absolute atomic E-state index is 5.58. The molecule has 1 aromatic carbocycles. The van der Waals surface area contributed by atoms with Gasteiger partial charge in [0.05, 0.1) is 6.61 Å². The van der Waals surface area contributed by atoms with E-state index in [1.54, 1.807) is 11.8 Å². The molecule has 0 aromatic heterocycles. The molecule has 3 N–H and O–H groups in total. The lowest BCUT2D eigenvalue weighted by Crippen LogP contribution is -2.29. The second kappa shape index (κ2) is 5.39. The lowest BCUT2D eigenvalue weighted by molar-refractivity contribution is 0.215. The highest BCUT2D eigenvalue weighted by Crippen LogP contribution is 2.27. The van der Waals surface area contributed by atoms with Gasteiger partial charge in [0.2, 0.25) is 0 Å². The molecular weight excluding hydrogens is 220 g/mol. The molecule has 0 amide bonds. The Hall–Kier alpha value is -0.970. The molecule has 1 aliphatic rings. The van der Waals surface area contributed by atoms with E-state index >= 15 is 0 Å². The monoisotopic (exact) mass is 236 g/mol. The predicted octanol–water partition coefficient (Wildman–Crippen LogP) is 2.22. The molecule has 1 heterocycles. The number of nitrogens with two attached hydrogens (primary N) is 1. The summed E-state index contributed by atoms with van der Waals surface area (Å²) in [6, 6.07) is 8.33. The topological polar surface area (TPSA) is 47.3 Å². The van der Waals surface area contributed by atoms with E-state index in [-0.39, 0.29) is 6.04 Å². The van der Waals surface area contributed by atoms with E-state index in [1.807, 2.05) is 0 Å². The fourth-order valence-electron chi connectivity index (χ4n) is 1.78. The lowest BCUT2D eigenvalue weighted by Gasteiger charge is -2.17. The number of thioether (sulfide) groups is 1. The SMILES string of the molecule is CSc1ccc(C(NN)C2=CCCO2)cc1. The molecule has 2 rings (SSSR count). The molecule has 0 fully saturated rings. The molecule has 0 radical (unpaired) electrons. The van der Waals surface area contributed by atoms with Gasteiger partial charge in [-0.3, -0.25) is 5.84 Å². The summed E-state index contributed by atoms with van der Waals surface area (Å²) in [7, 11) is 0. The molecule has 0 saturated carbocycles. The molecule has 0 spiro atoms. The average Bonchev–Trinajstić information content (AvgIpc) is 2.85. The first-order valence-corrected chi connectivity index (χ1v) is 6.50. The van der Waals surface area contributed by atoms with Gasteiger partial charge >= 0.3 is 0 Å². The van der Waals surface area contributed by atoms with Crippen LogP contribution in [0.5, 0.6) is 0 Å². The van der Waals surface area contributed by atoms with Gasteiger partial charge in [-0.15, -0.1) is 11.8 Å². The maximum Gasteiger partial charge on any atom is 0.115 e. The predicted molar refractivity (Wildman–Crippen MR) is 66.9 cm³/mol. The normalized spacial score (nSPS) is 16.8. The summed E-state index contributed by atoms with van der Waals surface area (Å²) in [5.74, 6) is 6.51. The third-order valence-electron chi connectivity index (χ3n) is 2.63. The Morgan fingerprint density at radius 1 is 1.38 bits per heavy atom. The molecular formula is C12H16N2OS. The number of hydrogen-bond donors (Lipinski definition) is 2. The van der Waals surface area contributed by atoms with E-state index in [2.05, 4.69) is 42.0 Å². The van der Waals surface area contributed by atoms with Crippen LogP contribution in [0.1, 0.15) is 18.0 Å². The van der Waals surface area contributed by atoms with Crippen LogP contribution in [0.4, 0.5) is 0 Å². The number of hydrogen-bond acceptors (Lipinski definition) is 4. The molecule has 16 heavy (non-hydrogen) atoms. The summed E-state index contributed by atoms with van der Waals surface area (Å²) < 4.78 is 5.53. The lowest BCUT2D eigenvalue weighted by atomic mass is 10.1. The number of benzene rings is 1. The van der Waals surface area contributed by atoms with Crippen LogP contribution in [0.2, 0.25) is 0 Å². The van der Waals surface area contributed by atoms with Gasteiger partial charge in [0.1, 0.15) is 11.8 Å². The molecule has 1 aliphatic heterocycles. The van der Waals surface area contributed by atoms with Crippen molar-refractivity contribution in [3.63, 3.8) is 0 Å². The van der Waals surface area contributed by atoms with E-state index in [4.69, 9.17) is 10.6 Å². The van der Waals surface area contributed by atoms with Crippen molar-refractivity contribution in [2.75, 3.05) is 12.9 Å². The number of nitrogens with one attached hydrogen (secondary N) is 1. The van der Waals surface area contributed by atoms with Crippen LogP contribution in [0.25, 0.3) is 0 Å². The van der Waals surface area contributed by atoms with Crippen molar-refractivity contribution >= 4 is 11.8 Å². The van der Waals surface area contributed by atoms with E-state index in [0.717, 1.165) is 24.4 Å². The first kappa shape index (κ1) is 11.5. The summed E-state index contributed by atoms with van der Waals surface area (Å²) >= 11 is 1.73. The van der Waals surface area contributed by atoms with Crippen LogP contribution in [-0.4, -0.2) is 12.9 Å². The molecule has 1 atom stereocenters. The first-order chi connectivity index (χ1) is 7.85. The first-order valence-electron chi connectivity index (χ1n) is 5.28. The zero-order chi connectivity index (χ0) is 11.4. The zero-order valence-corrected chi connectivity index (χ0v) is 10.1. The van der Waals surface area contributed by atoms with Crippen molar-refractivity contribution in [1.82, 2.24) is 5.43 Å². The van der Waals surface area contributed by atoms with Gasteiger partial charge in [0.15, 0.2) is 0 Å². The molecule has 4 heteroatoms. The highest BCUT2D eigenvalue weighted by atomic mass is 32.2.